The molecule has 0 unspecified atom stereocenters. The van der Waals surface area contributed by atoms with E-state index in [1.54, 1.807) is 0 Å². The third-order valence-electron chi connectivity index (χ3n) is 4.37. The van der Waals surface area contributed by atoms with Crippen molar-refractivity contribution in [3.05, 3.63) is 59.7 Å². The molecule has 1 amide bonds. The summed E-state index contributed by atoms with van der Waals surface area (Å²) in [6, 6.07) is 15.8. The summed E-state index contributed by atoms with van der Waals surface area (Å²) in [6.45, 7) is 10.2. The highest BCUT2D eigenvalue weighted by molar-refractivity contribution is 5.95. The summed E-state index contributed by atoms with van der Waals surface area (Å²) in [6.07, 6.45) is 0.972. The Bertz CT molecular complexity index is 666. The van der Waals surface area contributed by atoms with Gasteiger partial charge in [0.15, 0.2) is 0 Å². The van der Waals surface area contributed by atoms with Crippen molar-refractivity contribution in [3.63, 3.8) is 0 Å². The van der Waals surface area contributed by atoms with Crippen LogP contribution in [0, 0.1) is 6.92 Å². The minimum absolute atomic E-state index is 0.00564. The zero-order valence-corrected chi connectivity index (χ0v) is 15.5. The summed E-state index contributed by atoms with van der Waals surface area (Å²) in [5.41, 5.74) is 3.82. The first kappa shape index (κ1) is 19.0. The fourth-order valence-corrected chi connectivity index (χ4v) is 2.77. The smallest absolute Gasteiger partial charge is 0.251 e. The monoisotopic (exact) mass is 339 g/mol. The number of carbonyl (C=O) groups excluding carboxylic acids is 1. The number of hydrogen-bond donors (Lipinski definition) is 2. The van der Waals surface area contributed by atoms with E-state index in [1.165, 1.54) is 0 Å². The van der Waals surface area contributed by atoms with Crippen LogP contribution in [0.25, 0.3) is 0 Å². The number of anilines is 2. The van der Waals surface area contributed by atoms with Crippen LogP contribution in [-0.4, -0.2) is 37.0 Å². The number of para-hydroxylation sites is 1. The van der Waals surface area contributed by atoms with Gasteiger partial charge < -0.3 is 15.5 Å². The van der Waals surface area contributed by atoms with E-state index in [9.17, 15) is 4.79 Å². The molecule has 2 rings (SSSR count). The molecule has 0 heterocycles. The van der Waals surface area contributed by atoms with E-state index >= 15 is 0 Å². The van der Waals surface area contributed by atoms with Gasteiger partial charge in [-0.1, -0.05) is 32.0 Å². The highest BCUT2D eigenvalue weighted by Crippen LogP contribution is 2.21. The van der Waals surface area contributed by atoms with E-state index < -0.39 is 0 Å². The zero-order chi connectivity index (χ0) is 18.1. The molecule has 2 N–H and O–H groups in total. The molecule has 25 heavy (non-hydrogen) atoms. The summed E-state index contributed by atoms with van der Waals surface area (Å²) in [5.74, 6) is -0.00564. The molecule has 134 valence electrons. The zero-order valence-electron chi connectivity index (χ0n) is 15.5. The molecule has 4 heteroatoms. The second kappa shape index (κ2) is 9.84. The fraction of sp³-hybridized carbons (Fsp3) is 0.381. The van der Waals surface area contributed by atoms with E-state index in [4.69, 9.17) is 0 Å². The van der Waals surface area contributed by atoms with Crippen molar-refractivity contribution in [2.75, 3.05) is 31.5 Å². The summed E-state index contributed by atoms with van der Waals surface area (Å²) >= 11 is 0. The highest BCUT2D eigenvalue weighted by Gasteiger charge is 2.08. The van der Waals surface area contributed by atoms with E-state index in [2.05, 4.69) is 29.4 Å². The van der Waals surface area contributed by atoms with Crippen molar-refractivity contribution < 1.29 is 4.79 Å². The first-order valence-corrected chi connectivity index (χ1v) is 9.07. The molecule has 0 saturated heterocycles. The molecule has 2 aromatic carbocycles. The van der Waals surface area contributed by atoms with Crippen molar-refractivity contribution in [1.82, 2.24) is 10.2 Å². The van der Waals surface area contributed by atoms with Crippen LogP contribution >= 0.6 is 0 Å². The molecule has 0 aromatic heterocycles. The lowest BCUT2D eigenvalue weighted by Gasteiger charge is -2.17. The minimum atomic E-state index is -0.00564. The Morgan fingerprint density at radius 3 is 2.40 bits per heavy atom. The van der Waals surface area contributed by atoms with Crippen molar-refractivity contribution in [2.24, 2.45) is 0 Å². The molecule has 0 spiro atoms. The average Bonchev–Trinajstić information content (AvgIpc) is 2.64. The van der Waals surface area contributed by atoms with E-state index in [0.717, 1.165) is 43.0 Å². The van der Waals surface area contributed by atoms with Gasteiger partial charge in [0.1, 0.15) is 0 Å². The summed E-state index contributed by atoms with van der Waals surface area (Å²) in [4.78, 5) is 14.7. The molecule has 0 saturated carbocycles. The molecule has 0 aliphatic rings. The molecule has 0 aliphatic carbocycles. The molecular weight excluding hydrogens is 310 g/mol. The van der Waals surface area contributed by atoms with Crippen LogP contribution in [0.2, 0.25) is 0 Å². The van der Waals surface area contributed by atoms with E-state index in [1.807, 2.05) is 55.5 Å². The summed E-state index contributed by atoms with van der Waals surface area (Å²) in [7, 11) is 0. The van der Waals surface area contributed by atoms with Crippen molar-refractivity contribution in [2.45, 2.75) is 27.2 Å². The van der Waals surface area contributed by atoms with Crippen LogP contribution in [0.15, 0.2) is 48.5 Å². The van der Waals surface area contributed by atoms with Gasteiger partial charge in [-0.2, -0.15) is 0 Å². The molecular formula is C21H29N3O. The summed E-state index contributed by atoms with van der Waals surface area (Å²) < 4.78 is 0. The number of nitrogens with zero attached hydrogens (tertiary/aromatic N) is 1. The van der Waals surface area contributed by atoms with Crippen molar-refractivity contribution in [3.8, 4) is 0 Å². The fourth-order valence-electron chi connectivity index (χ4n) is 2.77. The lowest BCUT2D eigenvalue weighted by molar-refractivity contribution is 0.0952. The number of hydrogen-bond acceptors (Lipinski definition) is 3. The maximum atomic E-state index is 12.3. The third-order valence-corrected chi connectivity index (χ3v) is 4.37. The largest absolute Gasteiger partial charge is 0.355 e. The molecule has 0 fully saturated rings. The second-order valence-electron chi connectivity index (χ2n) is 6.16. The maximum Gasteiger partial charge on any atom is 0.251 e. The number of nitrogens with one attached hydrogen (secondary N) is 2. The van der Waals surface area contributed by atoms with Gasteiger partial charge in [-0.05, 0) is 68.9 Å². The summed E-state index contributed by atoms with van der Waals surface area (Å²) in [5, 5.41) is 6.39. The lowest BCUT2D eigenvalue weighted by Crippen LogP contribution is -2.29. The van der Waals surface area contributed by atoms with E-state index in [-0.39, 0.29) is 5.91 Å². The quantitative estimate of drug-likeness (QED) is 0.673. The number of benzene rings is 2. The second-order valence-corrected chi connectivity index (χ2v) is 6.16. The van der Waals surface area contributed by atoms with Crippen LogP contribution in [0.5, 0.6) is 0 Å². The molecule has 2 aromatic rings. The Hall–Kier alpha value is -2.33. The van der Waals surface area contributed by atoms with Crippen LogP contribution in [0.1, 0.15) is 36.2 Å². The number of rotatable bonds is 9. The van der Waals surface area contributed by atoms with Crippen LogP contribution in [-0.2, 0) is 0 Å². The minimum Gasteiger partial charge on any atom is -0.355 e. The van der Waals surface area contributed by atoms with Crippen LogP contribution in [0.4, 0.5) is 11.4 Å². The molecule has 0 bridgehead atoms. The van der Waals surface area contributed by atoms with Gasteiger partial charge in [-0.3, -0.25) is 4.79 Å². The first-order valence-electron chi connectivity index (χ1n) is 9.07. The predicted molar refractivity (Wildman–Crippen MR) is 106 cm³/mol. The lowest BCUT2D eigenvalue weighted by atomic mass is 10.1. The van der Waals surface area contributed by atoms with Gasteiger partial charge in [0.05, 0.1) is 0 Å². The van der Waals surface area contributed by atoms with Gasteiger partial charge in [-0.25, -0.2) is 0 Å². The van der Waals surface area contributed by atoms with Gasteiger partial charge in [0.25, 0.3) is 5.91 Å². The molecule has 0 aliphatic heterocycles. The Kier molecular flexibility index (Phi) is 7.48. The number of carbonyl (C=O) groups is 1. The normalized spacial score (nSPS) is 10.7. The Balaban J connectivity index is 1.87. The van der Waals surface area contributed by atoms with Crippen LogP contribution in [0.3, 0.4) is 0 Å². The van der Waals surface area contributed by atoms with Crippen molar-refractivity contribution >= 4 is 17.3 Å². The topological polar surface area (TPSA) is 44.4 Å². The maximum absolute atomic E-state index is 12.3. The molecule has 4 nitrogen and oxygen atoms in total. The SMILES string of the molecule is CCN(CC)CCCNC(=O)c1ccc(Nc2ccccc2)c(C)c1. The van der Waals surface area contributed by atoms with Crippen molar-refractivity contribution in [1.29, 1.82) is 0 Å². The third kappa shape index (κ3) is 5.91. The molecule has 0 atom stereocenters. The first-order chi connectivity index (χ1) is 12.1. The van der Waals surface area contributed by atoms with Gasteiger partial charge in [-0.15, -0.1) is 0 Å². The van der Waals surface area contributed by atoms with E-state index in [0.29, 0.717) is 12.1 Å². The van der Waals surface area contributed by atoms with Gasteiger partial charge in [0, 0.05) is 23.5 Å². The van der Waals surface area contributed by atoms with Crippen LogP contribution < -0.4 is 10.6 Å². The van der Waals surface area contributed by atoms with Gasteiger partial charge in [0.2, 0.25) is 0 Å². The Morgan fingerprint density at radius 1 is 1.04 bits per heavy atom. The predicted octanol–water partition coefficient (Wildman–Crippen LogP) is 4.20. The van der Waals surface area contributed by atoms with Gasteiger partial charge >= 0.3 is 0 Å². The number of amides is 1. The molecule has 0 radical (unpaired) electrons. The Labute approximate surface area is 151 Å². The number of aryl methyl sites for hydroxylation is 1. The average molecular weight is 339 g/mol. The standard InChI is InChI=1S/C21H29N3O/c1-4-24(5-2)15-9-14-22-21(25)18-12-13-20(17(3)16-18)23-19-10-7-6-8-11-19/h6-8,10-13,16,23H,4-5,9,14-15H2,1-3H3,(H,22,25). The highest BCUT2D eigenvalue weighted by atomic mass is 16.1. The Morgan fingerprint density at radius 2 is 1.76 bits per heavy atom.